The predicted molar refractivity (Wildman–Crippen MR) is 104 cm³/mol. The number of aryl methyl sites for hydroxylation is 1. The molecule has 2 rings (SSSR count). The molecule has 0 spiro atoms. The molecule has 1 saturated heterocycles. The van der Waals surface area contributed by atoms with Gasteiger partial charge in [-0.05, 0) is 6.92 Å². The molecule has 32 heavy (non-hydrogen) atoms. The van der Waals surface area contributed by atoms with E-state index in [0.29, 0.717) is 0 Å². The van der Waals surface area contributed by atoms with Crippen LogP contribution in [0.5, 0.6) is 0 Å². The molecule has 5 N–H and O–H groups in total. The van der Waals surface area contributed by atoms with Crippen molar-refractivity contribution < 1.29 is 55.9 Å². The van der Waals surface area contributed by atoms with Crippen molar-refractivity contribution in [3.05, 3.63) is 45.3 Å². The first kappa shape index (κ1) is 27.0. The number of nitrogens with zero attached hydrogens (tertiary/aromatic N) is 1. The monoisotopic (exact) mass is 522 g/mol. The van der Waals surface area contributed by atoms with E-state index in [0.717, 1.165) is 4.57 Å². The van der Waals surface area contributed by atoms with Gasteiger partial charge in [0.05, 0.1) is 19.3 Å². The van der Waals surface area contributed by atoms with Crippen LogP contribution in [-0.2, 0) is 36.3 Å². The summed E-state index contributed by atoms with van der Waals surface area (Å²) in [5.41, 5.74) is -1.15. The Morgan fingerprint density at radius 1 is 1.22 bits per heavy atom. The Balaban J connectivity index is 2.13. The summed E-state index contributed by atoms with van der Waals surface area (Å²) in [5, 5.41) is 0. The van der Waals surface area contributed by atoms with Crippen molar-refractivity contribution in [2.75, 3.05) is 13.2 Å². The van der Waals surface area contributed by atoms with Gasteiger partial charge in [0, 0.05) is 18.2 Å². The summed E-state index contributed by atoms with van der Waals surface area (Å²) in [6, 6.07) is 0. The minimum Gasteiger partial charge on any atom is -0.371 e. The zero-order valence-electron chi connectivity index (χ0n) is 16.4. The van der Waals surface area contributed by atoms with E-state index >= 15 is 0 Å². The summed E-state index contributed by atoms with van der Waals surface area (Å²) in [7, 11) is -16.6. The lowest BCUT2D eigenvalue weighted by Gasteiger charge is -2.21. The van der Waals surface area contributed by atoms with Crippen molar-refractivity contribution in [1.29, 1.82) is 0 Å². The largest absolute Gasteiger partial charge is 0.490 e. The Bertz CT molecular complexity index is 1090. The Labute approximate surface area is 179 Å². The van der Waals surface area contributed by atoms with Crippen molar-refractivity contribution in [2.45, 2.75) is 31.8 Å². The summed E-state index contributed by atoms with van der Waals surface area (Å²) in [4.78, 5) is 61.6. The van der Waals surface area contributed by atoms with E-state index in [-0.39, 0.29) is 18.6 Å². The highest BCUT2D eigenvalue weighted by atomic mass is 31.3. The molecule has 1 aliphatic rings. The maximum Gasteiger partial charge on any atom is 0.490 e. The lowest BCUT2D eigenvalue weighted by Crippen LogP contribution is -2.33. The van der Waals surface area contributed by atoms with Gasteiger partial charge in [-0.3, -0.25) is 18.9 Å². The molecule has 182 valence electrons. The number of rotatable bonds is 11. The van der Waals surface area contributed by atoms with Crippen LogP contribution in [0.2, 0.25) is 0 Å². The van der Waals surface area contributed by atoms with Gasteiger partial charge >= 0.3 is 29.2 Å². The van der Waals surface area contributed by atoms with Crippen LogP contribution in [0.25, 0.3) is 0 Å². The molecular weight excluding hydrogens is 501 g/mol. The van der Waals surface area contributed by atoms with E-state index in [1.54, 1.807) is 0 Å². The van der Waals surface area contributed by atoms with Crippen LogP contribution in [0.4, 0.5) is 0 Å². The normalized spacial score (nSPS) is 25.2. The Kier molecular flexibility index (Phi) is 8.73. The van der Waals surface area contributed by atoms with Crippen LogP contribution in [0, 0.1) is 6.92 Å². The molecule has 2 unspecified atom stereocenters. The maximum atomic E-state index is 12.1. The average molecular weight is 522 g/mol. The van der Waals surface area contributed by atoms with E-state index in [1.165, 1.54) is 19.2 Å². The number of ether oxygens (including phenoxy) is 2. The molecule has 1 fully saturated rings. The summed E-state index contributed by atoms with van der Waals surface area (Å²) >= 11 is 0. The van der Waals surface area contributed by atoms with Gasteiger partial charge in [-0.15, -0.1) is 6.58 Å². The molecule has 0 amide bonds. The van der Waals surface area contributed by atoms with Gasteiger partial charge in [0.1, 0.15) is 12.3 Å². The van der Waals surface area contributed by atoms with Crippen LogP contribution in [0.15, 0.2) is 28.4 Å². The van der Waals surface area contributed by atoms with Gasteiger partial charge < -0.3 is 29.0 Å². The molecule has 16 nitrogen and oxygen atoms in total. The number of hydrogen-bond donors (Lipinski definition) is 5. The van der Waals surface area contributed by atoms with Crippen molar-refractivity contribution in [3.63, 3.8) is 0 Å². The van der Waals surface area contributed by atoms with Gasteiger partial charge in [0.25, 0.3) is 5.56 Å². The quantitative estimate of drug-likeness (QED) is 0.191. The predicted octanol–water partition coefficient (Wildman–Crippen LogP) is 0.0470. The fourth-order valence-corrected chi connectivity index (χ4v) is 5.69. The average Bonchev–Trinajstić information content (AvgIpc) is 3.01. The molecule has 0 aliphatic carbocycles. The first-order valence-electron chi connectivity index (χ1n) is 8.61. The molecule has 0 bridgehead atoms. The van der Waals surface area contributed by atoms with Crippen molar-refractivity contribution >= 4 is 23.5 Å². The van der Waals surface area contributed by atoms with E-state index in [1.807, 2.05) is 0 Å². The zero-order valence-corrected chi connectivity index (χ0v) is 19.1. The second-order valence-electron chi connectivity index (χ2n) is 6.39. The number of H-pyrrole nitrogens is 1. The molecule has 19 heteroatoms. The molecule has 2 heterocycles. The third-order valence-electron chi connectivity index (χ3n) is 3.88. The summed E-state index contributed by atoms with van der Waals surface area (Å²) < 4.78 is 58.0. The van der Waals surface area contributed by atoms with Gasteiger partial charge in [0.15, 0.2) is 0 Å². The second-order valence-corrected chi connectivity index (χ2v) is 10.8. The highest BCUT2D eigenvalue weighted by Crippen LogP contribution is 2.66. The zero-order chi connectivity index (χ0) is 24.3. The number of aromatic amines is 1. The number of aromatic nitrogens is 2. The van der Waals surface area contributed by atoms with Crippen LogP contribution in [0.1, 0.15) is 18.2 Å². The maximum absolute atomic E-state index is 12.1. The summed E-state index contributed by atoms with van der Waals surface area (Å²) in [6.45, 7) is 4.21. The number of phosphoric acid groups is 3. The number of phosphoric ester groups is 1. The van der Waals surface area contributed by atoms with Crippen LogP contribution >= 0.6 is 23.5 Å². The van der Waals surface area contributed by atoms with Crippen molar-refractivity contribution in [1.82, 2.24) is 9.55 Å². The van der Waals surface area contributed by atoms with Crippen LogP contribution in [0.3, 0.4) is 0 Å². The molecule has 0 aromatic carbocycles. The van der Waals surface area contributed by atoms with E-state index < -0.39 is 59.8 Å². The molecule has 0 radical (unpaired) electrons. The minimum absolute atomic E-state index is 0.0338. The molecule has 1 aromatic heterocycles. The van der Waals surface area contributed by atoms with E-state index in [9.17, 15) is 33.1 Å². The van der Waals surface area contributed by atoms with Gasteiger partial charge in [-0.2, -0.15) is 8.62 Å². The topological polar surface area (TPSA) is 233 Å². The molecule has 5 atom stereocenters. The smallest absolute Gasteiger partial charge is 0.371 e. The fraction of sp³-hybridized carbons (Fsp3) is 0.538. The third kappa shape index (κ3) is 7.96. The van der Waals surface area contributed by atoms with Gasteiger partial charge in [-0.1, -0.05) is 6.08 Å². The highest BCUT2D eigenvalue weighted by Gasteiger charge is 2.43. The highest BCUT2D eigenvalue weighted by molar-refractivity contribution is 7.66. The second kappa shape index (κ2) is 10.3. The van der Waals surface area contributed by atoms with Gasteiger partial charge in [-0.25, -0.2) is 18.5 Å². The summed E-state index contributed by atoms with van der Waals surface area (Å²) in [6.07, 6.45) is -0.191. The van der Waals surface area contributed by atoms with Crippen LogP contribution < -0.4 is 11.2 Å². The number of hydrogen-bond acceptors (Lipinski definition) is 10. The third-order valence-corrected chi connectivity index (χ3v) is 7.69. The lowest BCUT2D eigenvalue weighted by molar-refractivity contribution is -0.0571. The molecule has 1 aromatic rings. The molecule has 1 aliphatic heterocycles. The van der Waals surface area contributed by atoms with Gasteiger partial charge in [0.2, 0.25) is 0 Å². The Morgan fingerprint density at radius 2 is 1.88 bits per heavy atom. The number of nitrogens with one attached hydrogen (secondary N) is 1. The summed E-state index contributed by atoms with van der Waals surface area (Å²) in [5.74, 6) is 0. The standard InChI is InChI=1S/C13H21N2O14P3/c1-3-4-25-9-5-11(15-6-8(2)12(16)14-13(15)17)27-10(9)7-26-31(21,22)29-32(23,24)28-30(18,19)20/h3,6,9-11H,1,4-5,7H2,2H3,(H,21,22)(H,23,24)(H,14,16,17)(H2,18,19,20)/t9-,10+,11+/m0/s1. The first-order chi connectivity index (χ1) is 14.6. The van der Waals surface area contributed by atoms with E-state index in [4.69, 9.17) is 19.3 Å². The van der Waals surface area contributed by atoms with Crippen molar-refractivity contribution in [3.8, 4) is 0 Å². The molecular formula is C13H21N2O14P3. The lowest BCUT2D eigenvalue weighted by atomic mass is 10.2. The molecule has 0 saturated carbocycles. The first-order valence-corrected chi connectivity index (χ1v) is 13.1. The fourth-order valence-electron chi connectivity index (χ4n) is 2.66. The SMILES string of the molecule is C=CCO[C@H]1C[C@H](n2cc(C)c(=O)[nH]c2=O)O[C@@H]1COP(=O)(O)OP(=O)(O)OP(=O)(O)O. The Morgan fingerprint density at radius 3 is 2.47 bits per heavy atom. The Hall–Kier alpha value is -1.25. The van der Waals surface area contributed by atoms with Crippen LogP contribution in [-0.4, -0.2) is 54.5 Å². The van der Waals surface area contributed by atoms with E-state index in [2.05, 4.69) is 24.7 Å². The minimum atomic E-state index is -5.67. The van der Waals surface area contributed by atoms with Crippen molar-refractivity contribution in [2.24, 2.45) is 0 Å².